The van der Waals surface area contributed by atoms with Crippen LogP contribution in [0.15, 0.2) is 36.4 Å². The lowest BCUT2D eigenvalue weighted by atomic mass is 10.2. The highest BCUT2D eigenvalue weighted by Gasteiger charge is 1.88. The van der Waals surface area contributed by atoms with Crippen LogP contribution < -0.4 is 5.90 Å². The third-order valence-electron chi connectivity index (χ3n) is 1.40. The highest BCUT2D eigenvalue weighted by Crippen LogP contribution is 2.01. The van der Waals surface area contributed by atoms with E-state index in [4.69, 9.17) is 10.3 Å². The molecule has 0 amide bonds. The van der Waals surface area contributed by atoms with Gasteiger partial charge in [-0.3, -0.25) is 4.79 Å². The fourth-order valence-electron chi connectivity index (χ4n) is 0.860. The van der Waals surface area contributed by atoms with Gasteiger partial charge in [0.25, 0.3) is 0 Å². The Bertz CT molecular complexity index is 283. The molecule has 0 aliphatic rings. The summed E-state index contributed by atoms with van der Waals surface area (Å²) in [7, 11) is 0. The Labute approximate surface area is 82.3 Å². The van der Waals surface area contributed by atoms with Gasteiger partial charge in [0.1, 0.15) is 0 Å². The second-order valence-electron chi connectivity index (χ2n) is 2.41. The van der Waals surface area contributed by atoms with Crippen molar-refractivity contribution in [2.75, 3.05) is 0 Å². The van der Waals surface area contributed by atoms with Gasteiger partial charge in [0.15, 0.2) is 0 Å². The summed E-state index contributed by atoms with van der Waals surface area (Å²) in [6, 6.07) is 9.62. The molecule has 0 aliphatic carbocycles. The monoisotopic (exact) mass is 195 g/mol. The molecular weight excluding hydrogens is 182 g/mol. The third kappa shape index (κ3) is 5.93. The molecule has 0 bridgehead atoms. The molecule has 4 N–H and O–H groups in total. The molecule has 1 aromatic rings. The molecule has 0 saturated heterocycles. The number of rotatable bonds is 3. The van der Waals surface area contributed by atoms with E-state index in [1.165, 1.54) is 0 Å². The fourth-order valence-corrected chi connectivity index (χ4v) is 0.860. The Morgan fingerprint density at radius 1 is 1.29 bits per heavy atom. The van der Waals surface area contributed by atoms with Crippen LogP contribution in [-0.4, -0.2) is 16.3 Å². The zero-order valence-electron chi connectivity index (χ0n) is 7.63. The SMILES string of the molecule is NO.O=C(O)CC=Cc1ccccc1. The molecule has 1 aromatic carbocycles. The number of hydrogen-bond donors (Lipinski definition) is 3. The molecule has 1 rings (SSSR count). The lowest BCUT2D eigenvalue weighted by Crippen LogP contribution is -1.89. The first kappa shape index (κ1) is 12.4. The number of carbonyl (C=O) groups is 1. The zero-order chi connectivity index (χ0) is 10.8. The molecular formula is C10H13NO3. The van der Waals surface area contributed by atoms with Crippen LogP contribution in [0.2, 0.25) is 0 Å². The highest BCUT2D eigenvalue weighted by molar-refractivity contribution is 5.70. The second kappa shape index (κ2) is 7.97. The van der Waals surface area contributed by atoms with Crippen LogP contribution in [0.1, 0.15) is 12.0 Å². The number of carboxylic acids is 1. The van der Waals surface area contributed by atoms with Crippen molar-refractivity contribution in [3.8, 4) is 0 Å². The van der Waals surface area contributed by atoms with Crippen molar-refractivity contribution in [1.82, 2.24) is 0 Å². The lowest BCUT2D eigenvalue weighted by Gasteiger charge is -1.89. The summed E-state index contributed by atoms with van der Waals surface area (Å²) in [5, 5.41) is 14.8. The lowest BCUT2D eigenvalue weighted by molar-refractivity contribution is -0.135. The summed E-state index contributed by atoms with van der Waals surface area (Å²) in [6.45, 7) is 0. The third-order valence-corrected chi connectivity index (χ3v) is 1.40. The van der Waals surface area contributed by atoms with E-state index in [-0.39, 0.29) is 6.42 Å². The van der Waals surface area contributed by atoms with Gasteiger partial charge >= 0.3 is 5.97 Å². The van der Waals surface area contributed by atoms with Gasteiger partial charge < -0.3 is 10.3 Å². The fraction of sp³-hybridized carbons (Fsp3) is 0.100. The molecule has 0 atom stereocenters. The molecule has 0 spiro atoms. The van der Waals surface area contributed by atoms with Crippen LogP contribution >= 0.6 is 0 Å². The van der Waals surface area contributed by atoms with Gasteiger partial charge in [-0.25, -0.2) is 5.90 Å². The van der Waals surface area contributed by atoms with Crippen molar-refractivity contribution in [2.45, 2.75) is 6.42 Å². The molecule has 0 aromatic heterocycles. The van der Waals surface area contributed by atoms with Crippen LogP contribution in [-0.2, 0) is 4.79 Å². The van der Waals surface area contributed by atoms with Gasteiger partial charge in [0, 0.05) is 0 Å². The predicted molar refractivity (Wildman–Crippen MR) is 53.7 cm³/mol. The van der Waals surface area contributed by atoms with Gasteiger partial charge in [-0.05, 0) is 5.56 Å². The first-order valence-electron chi connectivity index (χ1n) is 3.98. The molecule has 0 heterocycles. The molecule has 0 radical (unpaired) electrons. The Morgan fingerprint density at radius 2 is 1.86 bits per heavy atom. The maximum absolute atomic E-state index is 10.1. The Balaban J connectivity index is 0.000000791. The Morgan fingerprint density at radius 3 is 2.36 bits per heavy atom. The van der Waals surface area contributed by atoms with Gasteiger partial charge in [0.05, 0.1) is 6.42 Å². The van der Waals surface area contributed by atoms with E-state index in [0.717, 1.165) is 5.56 Å². The van der Waals surface area contributed by atoms with Gasteiger partial charge in [0.2, 0.25) is 0 Å². The molecule has 76 valence electrons. The molecule has 0 saturated carbocycles. The summed E-state index contributed by atoms with van der Waals surface area (Å²) in [4.78, 5) is 10.1. The minimum atomic E-state index is -0.804. The molecule has 0 unspecified atom stereocenters. The van der Waals surface area contributed by atoms with E-state index in [9.17, 15) is 4.79 Å². The number of carboxylic acid groups (broad SMARTS) is 1. The van der Waals surface area contributed by atoms with Crippen molar-refractivity contribution in [3.63, 3.8) is 0 Å². The van der Waals surface area contributed by atoms with E-state index in [2.05, 4.69) is 5.90 Å². The number of hydrogen-bond acceptors (Lipinski definition) is 3. The molecule has 4 heteroatoms. The Kier molecular flexibility index (Phi) is 7.03. The van der Waals surface area contributed by atoms with Crippen LogP contribution in [0.4, 0.5) is 0 Å². The average molecular weight is 195 g/mol. The molecule has 0 aliphatic heterocycles. The summed E-state index contributed by atoms with van der Waals surface area (Å²) >= 11 is 0. The number of benzene rings is 1. The van der Waals surface area contributed by atoms with Crippen molar-refractivity contribution >= 4 is 12.0 Å². The number of aliphatic carboxylic acids is 1. The van der Waals surface area contributed by atoms with Crippen LogP contribution in [0.25, 0.3) is 6.08 Å². The van der Waals surface area contributed by atoms with E-state index < -0.39 is 5.97 Å². The first-order chi connectivity index (χ1) is 6.79. The smallest absolute Gasteiger partial charge is 0.307 e. The normalized spacial score (nSPS) is 9.29. The number of nitrogens with two attached hydrogens (primary N) is 1. The van der Waals surface area contributed by atoms with Crippen molar-refractivity contribution in [2.24, 2.45) is 5.90 Å². The standard InChI is InChI=1S/C10H10O2.H3NO/c11-10(12)8-4-7-9-5-2-1-3-6-9;1-2/h1-7H,8H2,(H,11,12);2H,1H2. The summed E-state index contributed by atoms with van der Waals surface area (Å²) < 4.78 is 0. The zero-order valence-corrected chi connectivity index (χ0v) is 7.63. The van der Waals surface area contributed by atoms with Crippen LogP contribution in [0.5, 0.6) is 0 Å². The predicted octanol–water partition coefficient (Wildman–Crippen LogP) is 1.51. The topological polar surface area (TPSA) is 83.5 Å². The largest absolute Gasteiger partial charge is 0.481 e. The van der Waals surface area contributed by atoms with Crippen molar-refractivity contribution in [3.05, 3.63) is 42.0 Å². The maximum Gasteiger partial charge on any atom is 0.307 e. The summed E-state index contributed by atoms with van der Waals surface area (Å²) in [5.74, 6) is 2.70. The molecule has 14 heavy (non-hydrogen) atoms. The molecule has 0 fully saturated rings. The van der Waals surface area contributed by atoms with Crippen LogP contribution in [0.3, 0.4) is 0 Å². The summed E-state index contributed by atoms with van der Waals surface area (Å²) in [6.07, 6.45) is 3.51. The van der Waals surface area contributed by atoms with Gasteiger partial charge in [-0.15, -0.1) is 0 Å². The highest BCUT2D eigenvalue weighted by atomic mass is 16.4. The minimum Gasteiger partial charge on any atom is -0.481 e. The van der Waals surface area contributed by atoms with Crippen molar-refractivity contribution in [1.29, 1.82) is 0 Å². The second-order valence-corrected chi connectivity index (χ2v) is 2.41. The average Bonchev–Trinajstić information content (AvgIpc) is 2.22. The van der Waals surface area contributed by atoms with Gasteiger partial charge in [-0.2, -0.15) is 0 Å². The Hall–Kier alpha value is -1.65. The van der Waals surface area contributed by atoms with E-state index in [1.54, 1.807) is 12.2 Å². The van der Waals surface area contributed by atoms with E-state index in [1.807, 2.05) is 30.3 Å². The summed E-state index contributed by atoms with van der Waals surface area (Å²) in [5.41, 5.74) is 1.03. The molecule has 4 nitrogen and oxygen atoms in total. The van der Waals surface area contributed by atoms with Crippen molar-refractivity contribution < 1.29 is 15.1 Å². The minimum absolute atomic E-state index is 0.0783. The first-order valence-corrected chi connectivity index (χ1v) is 3.98. The van der Waals surface area contributed by atoms with E-state index >= 15 is 0 Å². The maximum atomic E-state index is 10.1. The van der Waals surface area contributed by atoms with E-state index in [0.29, 0.717) is 0 Å². The quantitative estimate of drug-likeness (QED) is 0.638. The van der Waals surface area contributed by atoms with Crippen LogP contribution in [0, 0.1) is 0 Å². The van der Waals surface area contributed by atoms with Gasteiger partial charge in [-0.1, -0.05) is 42.5 Å².